The minimum Gasteiger partial charge on any atom is -0.337 e. The van der Waals surface area contributed by atoms with Crippen LogP contribution in [0.2, 0.25) is 0 Å². The van der Waals surface area contributed by atoms with Crippen LogP contribution < -0.4 is 9.80 Å². The number of allylic oxidation sites excluding steroid dienone is 7. The lowest BCUT2D eigenvalue weighted by Crippen LogP contribution is -2.32. The van der Waals surface area contributed by atoms with Crippen molar-refractivity contribution in [2.75, 3.05) is 9.80 Å². The highest BCUT2D eigenvalue weighted by Crippen LogP contribution is 2.48. The number of para-hydroxylation sites is 1. The average Bonchev–Trinajstić information content (AvgIpc) is 3.87. The van der Waals surface area contributed by atoms with Gasteiger partial charge in [-0.2, -0.15) is 0 Å². The summed E-state index contributed by atoms with van der Waals surface area (Å²) in [5, 5.41) is 1.31. The maximum absolute atomic E-state index is 4.89. The lowest BCUT2D eigenvalue weighted by molar-refractivity contribution is 0.681. The van der Waals surface area contributed by atoms with Crippen LogP contribution in [0.3, 0.4) is 0 Å². The molecule has 0 amide bonds. The minimum atomic E-state index is 0.324. The van der Waals surface area contributed by atoms with Crippen molar-refractivity contribution in [1.29, 1.82) is 0 Å². The van der Waals surface area contributed by atoms with Crippen LogP contribution in [0.4, 0.5) is 17.1 Å². The van der Waals surface area contributed by atoms with Crippen LogP contribution in [0.15, 0.2) is 151 Å². The van der Waals surface area contributed by atoms with Crippen LogP contribution in [0.25, 0.3) is 21.8 Å². The van der Waals surface area contributed by atoms with Crippen LogP contribution in [0.1, 0.15) is 52.0 Å². The molecule has 3 nitrogen and oxygen atoms in total. The SMILES string of the molecule is C1=CC2C3=C(CCC=C3)N(c3ccc(-c4cnc(-c5ccc(N6c7ccccc7C7C=CC=CC76)cc5)[pH]4)cc3)C2C=C1.CC.CC. The van der Waals surface area contributed by atoms with Gasteiger partial charge in [0.1, 0.15) is 0 Å². The molecule has 2 aliphatic heterocycles. The smallest absolute Gasteiger partial charge is 0.0865 e. The fourth-order valence-corrected chi connectivity index (χ4v) is 8.79. The number of anilines is 3. The topological polar surface area (TPSA) is 19.4 Å². The number of nitrogens with zero attached hydrogens (tertiary/aromatic N) is 3. The van der Waals surface area contributed by atoms with E-state index >= 15 is 0 Å². The summed E-state index contributed by atoms with van der Waals surface area (Å²) in [7, 11) is 0.550. The fourth-order valence-electron chi connectivity index (χ4n) is 7.66. The molecular weight excluding hydrogens is 589 g/mol. The lowest BCUT2D eigenvalue weighted by atomic mass is 9.88. The van der Waals surface area contributed by atoms with E-state index in [0.29, 0.717) is 32.1 Å². The van der Waals surface area contributed by atoms with Gasteiger partial charge in [0.2, 0.25) is 0 Å². The summed E-state index contributed by atoms with van der Waals surface area (Å²) < 4.78 is 0. The third kappa shape index (κ3) is 5.47. The molecule has 0 fully saturated rings. The number of fused-ring (bicyclic) bond motifs is 5. The molecule has 236 valence electrons. The summed E-state index contributed by atoms with van der Waals surface area (Å²) >= 11 is 0. The Balaban J connectivity index is 0.000000848. The van der Waals surface area contributed by atoms with E-state index in [9.17, 15) is 0 Å². The first-order valence-electron chi connectivity index (χ1n) is 17.4. The number of hydrogen-bond acceptors (Lipinski definition) is 3. The van der Waals surface area contributed by atoms with E-state index in [1.54, 1.807) is 0 Å². The van der Waals surface area contributed by atoms with Gasteiger partial charge < -0.3 is 9.80 Å². The van der Waals surface area contributed by atoms with E-state index < -0.39 is 0 Å². The maximum atomic E-state index is 4.89. The molecule has 5 unspecified atom stereocenters. The lowest BCUT2D eigenvalue weighted by Gasteiger charge is -2.31. The van der Waals surface area contributed by atoms with E-state index in [2.05, 4.69) is 150 Å². The van der Waals surface area contributed by atoms with E-state index in [0.717, 1.165) is 18.3 Å². The first kappa shape index (κ1) is 31.0. The van der Waals surface area contributed by atoms with Crippen molar-refractivity contribution in [3.63, 3.8) is 0 Å². The molecule has 0 spiro atoms. The number of rotatable bonds is 4. The van der Waals surface area contributed by atoms with Crippen LogP contribution >= 0.6 is 8.19 Å². The van der Waals surface area contributed by atoms with E-state index in [1.165, 1.54) is 50.3 Å². The van der Waals surface area contributed by atoms with Crippen molar-refractivity contribution < 1.29 is 0 Å². The number of aromatic nitrogens is 1. The molecule has 5 aliphatic rings. The van der Waals surface area contributed by atoms with Crippen molar-refractivity contribution >= 4 is 25.3 Å². The molecule has 0 radical (unpaired) electrons. The largest absolute Gasteiger partial charge is 0.337 e. The van der Waals surface area contributed by atoms with Gasteiger partial charge in [-0.05, 0) is 59.9 Å². The van der Waals surface area contributed by atoms with Gasteiger partial charge >= 0.3 is 0 Å². The Morgan fingerprint density at radius 1 is 0.660 bits per heavy atom. The van der Waals surface area contributed by atoms with Gasteiger partial charge in [0.05, 0.1) is 17.5 Å². The summed E-state index contributed by atoms with van der Waals surface area (Å²) in [6, 6.07) is 27.7. The third-order valence-corrected chi connectivity index (χ3v) is 11.0. The molecule has 5 atom stereocenters. The van der Waals surface area contributed by atoms with Gasteiger partial charge in [-0.3, -0.25) is 4.98 Å². The molecule has 47 heavy (non-hydrogen) atoms. The molecule has 4 aromatic rings. The van der Waals surface area contributed by atoms with Gasteiger partial charge in [-0.15, -0.1) is 8.19 Å². The zero-order valence-electron chi connectivity index (χ0n) is 27.8. The van der Waals surface area contributed by atoms with Gasteiger partial charge in [0.25, 0.3) is 0 Å². The van der Waals surface area contributed by atoms with Crippen molar-refractivity contribution in [3.8, 4) is 21.8 Å². The van der Waals surface area contributed by atoms with Crippen molar-refractivity contribution in [3.05, 3.63) is 157 Å². The first-order valence-corrected chi connectivity index (χ1v) is 18.4. The Kier molecular flexibility index (Phi) is 9.01. The molecule has 0 saturated heterocycles. The van der Waals surface area contributed by atoms with Crippen LogP contribution in [-0.2, 0) is 0 Å². The highest BCUT2D eigenvalue weighted by molar-refractivity contribution is 7.37. The van der Waals surface area contributed by atoms with Gasteiger partial charge in [-0.25, -0.2) is 0 Å². The predicted octanol–water partition coefficient (Wildman–Crippen LogP) is 11.8. The number of benzene rings is 3. The Bertz CT molecular complexity index is 1900. The Morgan fingerprint density at radius 2 is 1.28 bits per heavy atom. The Morgan fingerprint density at radius 3 is 2.02 bits per heavy atom. The molecular formula is C43H44N3P. The highest BCUT2D eigenvalue weighted by Gasteiger charge is 2.39. The average molecular weight is 634 g/mol. The van der Waals surface area contributed by atoms with Crippen LogP contribution in [-0.4, -0.2) is 17.1 Å². The highest BCUT2D eigenvalue weighted by atomic mass is 31.0. The monoisotopic (exact) mass is 633 g/mol. The molecule has 3 aromatic carbocycles. The molecule has 1 aromatic heterocycles. The van der Waals surface area contributed by atoms with Crippen LogP contribution in [0.5, 0.6) is 0 Å². The maximum Gasteiger partial charge on any atom is 0.0865 e. The molecule has 0 saturated carbocycles. The van der Waals surface area contributed by atoms with Gasteiger partial charge in [0, 0.05) is 51.7 Å². The minimum absolute atomic E-state index is 0.324. The molecule has 3 heterocycles. The second kappa shape index (κ2) is 13.6. The summed E-state index contributed by atoms with van der Waals surface area (Å²) in [5.74, 6) is 0.857. The van der Waals surface area contributed by atoms with Crippen molar-refractivity contribution in [2.24, 2.45) is 5.92 Å². The molecule has 0 N–H and O–H groups in total. The molecule has 4 heteroatoms. The number of hydrogen-bond donors (Lipinski definition) is 0. The molecule has 3 aliphatic carbocycles. The first-order chi connectivity index (χ1) is 23.3. The standard InChI is InChI=1S/C39H32N3P.2C2H6/c1-5-13-34-30(9-1)31-10-2-6-14-35(31)41(34)28-21-17-26(18-22-28)38-25-40-39(43-38)27-19-23-29(24-20-27)42-36-15-7-3-11-32(36)33-12-4-8-16-37(33)42;2*1-2/h1-5,7-13,15-25,30,32,34,36,43H,6,14H2;2*1-2H3. The molecule has 0 bridgehead atoms. The second-order valence-corrected chi connectivity index (χ2v) is 13.2. The van der Waals surface area contributed by atoms with E-state index in [4.69, 9.17) is 4.98 Å². The summed E-state index contributed by atoms with van der Waals surface area (Å²) in [5.41, 5.74) is 11.8. The van der Waals surface area contributed by atoms with Gasteiger partial charge in [-0.1, -0.05) is 131 Å². The molecule has 9 rings (SSSR count). The van der Waals surface area contributed by atoms with E-state index in [1.807, 2.05) is 27.7 Å². The van der Waals surface area contributed by atoms with Crippen molar-refractivity contribution in [1.82, 2.24) is 4.98 Å². The van der Waals surface area contributed by atoms with Crippen LogP contribution in [0, 0.1) is 5.92 Å². The second-order valence-electron chi connectivity index (χ2n) is 12.0. The summed E-state index contributed by atoms with van der Waals surface area (Å²) in [6.45, 7) is 8.00. The van der Waals surface area contributed by atoms with Crippen molar-refractivity contribution in [2.45, 2.75) is 58.5 Å². The quantitative estimate of drug-likeness (QED) is 0.223. The third-order valence-electron chi connectivity index (χ3n) is 9.64. The Hall–Kier alpha value is -4.59. The normalized spacial score (nSPS) is 22.7. The Labute approximate surface area is 282 Å². The fraction of sp³-hybridized carbons (Fsp3) is 0.233. The summed E-state index contributed by atoms with van der Waals surface area (Å²) in [4.78, 5) is 9.95. The van der Waals surface area contributed by atoms with Gasteiger partial charge in [0.15, 0.2) is 0 Å². The zero-order valence-corrected chi connectivity index (χ0v) is 28.8. The zero-order chi connectivity index (χ0) is 32.3. The summed E-state index contributed by atoms with van der Waals surface area (Å²) in [6.07, 6.45) is 27.1. The predicted molar refractivity (Wildman–Crippen MR) is 204 cm³/mol. The van der Waals surface area contributed by atoms with E-state index in [-0.39, 0.29) is 0 Å².